The Hall–Kier alpha value is -0.160. The van der Waals surface area contributed by atoms with Crippen molar-refractivity contribution >= 4 is 0 Å². The summed E-state index contributed by atoms with van der Waals surface area (Å²) in [6, 6.07) is 0.538. The van der Waals surface area contributed by atoms with Gasteiger partial charge in [-0.1, -0.05) is 6.92 Å². The Morgan fingerprint density at radius 2 is 2.15 bits per heavy atom. The van der Waals surface area contributed by atoms with E-state index in [1.165, 1.54) is 45.3 Å². The molecule has 3 atom stereocenters. The number of nitrogens with zero attached hydrogens (tertiary/aromatic N) is 2. The highest BCUT2D eigenvalue weighted by molar-refractivity contribution is 4.98. The van der Waals surface area contributed by atoms with Gasteiger partial charge < -0.3 is 15.4 Å². The van der Waals surface area contributed by atoms with Crippen LogP contribution >= 0.6 is 0 Å². The number of likely N-dealkylation sites (N-methyl/N-ethyl adjacent to an activating group) is 1. The van der Waals surface area contributed by atoms with E-state index in [2.05, 4.69) is 30.7 Å². The molecule has 0 saturated carbocycles. The molecule has 2 N–H and O–H groups in total. The summed E-state index contributed by atoms with van der Waals surface area (Å²) >= 11 is 0. The van der Waals surface area contributed by atoms with Crippen molar-refractivity contribution in [1.29, 1.82) is 0 Å². The second-order valence-corrected chi connectivity index (χ2v) is 6.67. The van der Waals surface area contributed by atoms with Crippen LogP contribution in [0.4, 0.5) is 0 Å². The smallest absolute Gasteiger partial charge is 0.0703 e. The molecular weight excluding hydrogens is 250 g/mol. The summed E-state index contributed by atoms with van der Waals surface area (Å²) in [5, 5.41) is 0. The minimum Gasteiger partial charge on any atom is -0.377 e. The summed E-state index contributed by atoms with van der Waals surface area (Å²) < 4.78 is 5.76. The molecule has 0 aromatic carbocycles. The first-order valence-electron chi connectivity index (χ1n) is 8.40. The van der Waals surface area contributed by atoms with E-state index < -0.39 is 0 Å². The molecule has 0 aromatic rings. The van der Waals surface area contributed by atoms with Crippen LogP contribution in [-0.2, 0) is 4.74 Å². The van der Waals surface area contributed by atoms with E-state index >= 15 is 0 Å². The zero-order valence-electron chi connectivity index (χ0n) is 13.6. The van der Waals surface area contributed by atoms with E-state index in [0.29, 0.717) is 12.1 Å². The van der Waals surface area contributed by atoms with Crippen molar-refractivity contribution in [3.63, 3.8) is 0 Å². The van der Waals surface area contributed by atoms with Crippen molar-refractivity contribution in [2.24, 2.45) is 5.73 Å². The molecule has 0 amide bonds. The van der Waals surface area contributed by atoms with Crippen LogP contribution in [0, 0.1) is 0 Å². The number of nitrogens with two attached hydrogens (primary N) is 1. The predicted molar refractivity (Wildman–Crippen MR) is 83.9 cm³/mol. The average molecular weight is 283 g/mol. The summed E-state index contributed by atoms with van der Waals surface area (Å²) in [5.74, 6) is 0. The molecule has 4 heteroatoms. The molecule has 0 radical (unpaired) electrons. The third-order valence-corrected chi connectivity index (χ3v) is 5.51. The lowest BCUT2D eigenvalue weighted by Crippen LogP contribution is -2.57. The molecule has 2 fully saturated rings. The van der Waals surface area contributed by atoms with Crippen LogP contribution in [-0.4, -0.2) is 67.3 Å². The maximum absolute atomic E-state index is 6.24. The van der Waals surface area contributed by atoms with E-state index in [0.717, 1.165) is 19.6 Å². The fraction of sp³-hybridized carbons (Fsp3) is 1.00. The van der Waals surface area contributed by atoms with E-state index in [1.54, 1.807) is 0 Å². The molecule has 0 bridgehead atoms. The fourth-order valence-electron chi connectivity index (χ4n) is 4.06. The van der Waals surface area contributed by atoms with Crippen molar-refractivity contribution < 1.29 is 4.74 Å². The van der Waals surface area contributed by atoms with Gasteiger partial charge in [0.2, 0.25) is 0 Å². The zero-order chi connectivity index (χ0) is 14.6. The molecular formula is C16H33N3O. The second-order valence-electron chi connectivity index (χ2n) is 6.67. The Kier molecular flexibility index (Phi) is 5.84. The van der Waals surface area contributed by atoms with E-state index in [9.17, 15) is 0 Å². The lowest BCUT2D eigenvalue weighted by Gasteiger charge is -2.45. The Morgan fingerprint density at radius 1 is 1.35 bits per heavy atom. The van der Waals surface area contributed by atoms with Crippen LogP contribution in [0.15, 0.2) is 0 Å². The first kappa shape index (κ1) is 16.2. The summed E-state index contributed by atoms with van der Waals surface area (Å²) in [6.07, 6.45) is 6.44. The van der Waals surface area contributed by atoms with Crippen molar-refractivity contribution in [1.82, 2.24) is 9.80 Å². The van der Waals surface area contributed by atoms with Crippen LogP contribution in [0.25, 0.3) is 0 Å². The monoisotopic (exact) mass is 283 g/mol. The van der Waals surface area contributed by atoms with Crippen LogP contribution in [0.2, 0.25) is 0 Å². The standard InChI is InChI=1S/C16H33N3O/c1-4-9-19-10-5-7-16(13-17,8-11-19)18(3)15-6-12-20-14(15)2/h14-15H,4-13,17H2,1-3H3. The van der Waals surface area contributed by atoms with Gasteiger partial charge in [-0.25, -0.2) is 0 Å². The van der Waals surface area contributed by atoms with Gasteiger partial charge in [0.25, 0.3) is 0 Å². The van der Waals surface area contributed by atoms with E-state index in [-0.39, 0.29) is 5.54 Å². The summed E-state index contributed by atoms with van der Waals surface area (Å²) in [5.41, 5.74) is 6.42. The van der Waals surface area contributed by atoms with Crippen LogP contribution in [0.1, 0.15) is 46.0 Å². The molecule has 2 saturated heterocycles. The molecule has 0 aliphatic carbocycles. The first-order valence-corrected chi connectivity index (χ1v) is 8.40. The molecule has 118 valence electrons. The minimum absolute atomic E-state index is 0.176. The summed E-state index contributed by atoms with van der Waals surface area (Å²) in [7, 11) is 2.28. The number of ether oxygens (including phenoxy) is 1. The van der Waals surface area contributed by atoms with Crippen molar-refractivity contribution in [2.45, 2.75) is 63.6 Å². The van der Waals surface area contributed by atoms with Gasteiger partial charge in [0.05, 0.1) is 6.10 Å². The molecule has 20 heavy (non-hydrogen) atoms. The van der Waals surface area contributed by atoms with Gasteiger partial charge in [-0.15, -0.1) is 0 Å². The molecule has 2 aliphatic heterocycles. The molecule has 2 heterocycles. The van der Waals surface area contributed by atoms with E-state index in [4.69, 9.17) is 10.5 Å². The minimum atomic E-state index is 0.176. The van der Waals surface area contributed by atoms with Gasteiger partial charge in [0.15, 0.2) is 0 Å². The van der Waals surface area contributed by atoms with Crippen LogP contribution in [0.3, 0.4) is 0 Å². The molecule has 0 aromatic heterocycles. The van der Waals surface area contributed by atoms with Gasteiger partial charge in [0, 0.05) is 24.7 Å². The molecule has 2 aliphatic rings. The third kappa shape index (κ3) is 3.35. The van der Waals surface area contributed by atoms with Gasteiger partial charge in [-0.3, -0.25) is 4.90 Å². The summed E-state index contributed by atoms with van der Waals surface area (Å²) in [4.78, 5) is 5.18. The van der Waals surface area contributed by atoms with E-state index in [1.807, 2.05) is 0 Å². The van der Waals surface area contributed by atoms with Crippen molar-refractivity contribution in [3.05, 3.63) is 0 Å². The lowest BCUT2D eigenvalue weighted by atomic mass is 9.86. The Labute approximate surface area is 124 Å². The number of rotatable bonds is 5. The molecule has 0 spiro atoms. The molecule has 2 rings (SSSR count). The highest BCUT2D eigenvalue weighted by atomic mass is 16.5. The normalized spacial score (nSPS) is 36.5. The van der Waals surface area contributed by atoms with Crippen molar-refractivity contribution in [3.8, 4) is 0 Å². The highest BCUT2D eigenvalue weighted by Gasteiger charge is 2.41. The fourth-order valence-corrected chi connectivity index (χ4v) is 4.06. The highest BCUT2D eigenvalue weighted by Crippen LogP contribution is 2.32. The quantitative estimate of drug-likeness (QED) is 0.834. The Balaban J connectivity index is 2.04. The third-order valence-electron chi connectivity index (χ3n) is 5.51. The molecule has 3 unspecified atom stereocenters. The Bertz CT molecular complexity index is 299. The number of likely N-dealkylation sites (tertiary alicyclic amines) is 1. The SMILES string of the molecule is CCCN1CCCC(CN)(N(C)C2CCOC2C)CC1. The maximum atomic E-state index is 6.24. The zero-order valence-corrected chi connectivity index (χ0v) is 13.6. The topological polar surface area (TPSA) is 41.7 Å². The van der Waals surface area contributed by atoms with Crippen molar-refractivity contribution in [2.75, 3.05) is 39.8 Å². The average Bonchev–Trinajstić information content (AvgIpc) is 2.76. The largest absolute Gasteiger partial charge is 0.377 e. The second kappa shape index (κ2) is 7.21. The summed E-state index contributed by atoms with van der Waals surface area (Å²) in [6.45, 7) is 9.81. The van der Waals surface area contributed by atoms with Gasteiger partial charge >= 0.3 is 0 Å². The van der Waals surface area contributed by atoms with Gasteiger partial charge in [-0.05, 0) is 65.7 Å². The number of hydrogen-bond donors (Lipinski definition) is 1. The van der Waals surface area contributed by atoms with Crippen LogP contribution < -0.4 is 5.73 Å². The molecule has 4 nitrogen and oxygen atoms in total. The Morgan fingerprint density at radius 3 is 2.75 bits per heavy atom. The maximum Gasteiger partial charge on any atom is 0.0703 e. The lowest BCUT2D eigenvalue weighted by molar-refractivity contribution is 0.0205. The van der Waals surface area contributed by atoms with Gasteiger partial charge in [0.1, 0.15) is 0 Å². The van der Waals surface area contributed by atoms with Crippen LogP contribution in [0.5, 0.6) is 0 Å². The predicted octanol–water partition coefficient (Wildman–Crippen LogP) is 1.69. The van der Waals surface area contributed by atoms with Gasteiger partial charge in [-0.2, -0.15) is 0 Å². The first-order chi connectivity index (χ1) is 9.63. The number of hydrogen-bond acceptors (Lipinski definition) is 4.